The molecular weight excluding hydrogens is 238 g/mol. The first kappa shape index (κ1) is 11.9. The number of anilines is 1. The molecule has 0 aliphatic heterocycles. The maximum Gasteiger partial charge on any atom is 0.411 e. The van der Waals surface area contributed by atoms with Gasteiger partial charge in [-0.05, 0) is 13.0 Å². The lowest BCUT2D eigenvalue weighted by Gasteiger charge is -2.05. The maximum atomic E-state index is 10.5. The highest BCUT2D eigenvalue weighted by atomic mass is 16.4. The minimum Gasteiger partial charge on any atom is -0.465 e. The third-order valence-electron chi connectivity index (χ3n) is 2.00. The first-order chi connectivity index (χ1) is 8.58. The van der Waals surface area contributed by atoms with Crippen molar-refractivity contribution in [3.05, 3.63) is 24.3 Å². The molecule has 9 heteroatoms. The second-order valence-corrected chi connectivity index (χ2v) is 3.47. The molecule has 1 unspecified atom stereocenters. The lowest BCUT2D eigenvalue weighted by atomic mass is 10.3. The highest BCUT2D eigenvalue weighted by Crippen LogP contribution is 2.13. The molecule has 0 aromatic carbocycles. The molecular formula is C9H11N7O2. The Balaban J connectivity index is 2.45. The van der Waals surface area contributed by atoms with Gasteiger partial charge in [-0.3, -0.25) is 5.32 Å². The molecule has 0 bridgehead atoms. The molecule has 2 aromatic rings. The van der Waals surface area contributed by atoms with Gasteiger partial charge in [0.2, 0.25) is 0 Å². The third-order valence-corrected chi connectivity index (χ3v) is 2.00. The van der Waals surface area contributed by atoms with Gasteiger partial charge in [-0.15, -0.1) is 5.10 Å². The summed E-state index contributed by atoms with van der Waals surface area (Å²) in [5.74, 6) is 0.572. The average Bonchev–Trinajstić information content (AvgIpc) is 2.73. The van der Waals surface area contributed by atoms with Gasteiger partial charge < -0.3 is 10.8 Å². The molecule has 9 nitrogen and oxygen atoms in total. The van der Waals surface area contributed by atoms with E-state index in [2.05, 4.69) is 25.4 Å². The predicted octanol–water partition coefficient (Wildman–Crippen LogP) is 0.167. The summed E-state index contributed by atoms with van der Waals surface area (Å²) < 4.78 is 1.30. The number of carboxylic acid groups (broad SMARTS) is 1. The molecule has 2 rings (SSSR count). The second kappa shape index (κ2) is 4.75. The van der Waals surface area contributed by atoms with Crippen LogP contribution in [0.15, 0.2) is 18.5 Å². The van der Waals surface area contributed by atoms with Gasteiger partial charge in [-0.2, -0.15) is 9.67 Å². The fourth-order valence-corrected chi connectivity index (χ4v) is 1.32. The molecule has 0 aliphatic rings. The van der Waals surface area contributed by atoms with Crippen LogP contribution >= 0.6 is 0 Å². The van der Waals surface area contributed by atoms with Crippen LogP contribution < -0.4 is 11.1 Å². The smallest absolute Gasteiger partial charge is 0.411 e. The number of carbonyl (C=O) groups is 1. The number of rotatable bonds is 3. The quantitative estimate of drug-likeness (QED) is 0.706. The molecule has 0 saturated carbocycles. The van der Waals surface area contributed by atoms with Crippen LogP contribution in [0.2, 0.25) is 0 Å². The van der Waals surface area contributed by atoms with Crippen molar-refractivity contribution in [3.8, 4) is 5.95 Å². The summed E-state index contributed by atoms with van der Waals surface area (Å²) in [4.78, 5) is 22.5. The zero-order valence-corrected chi connectivity index (χ0v) is 9.48. The van der Waals surface area contributed by atoms with Crippen LogP contribution in [0, 0.1) is 0 Å². The van der Waals surface area contributed by atoms with Gasteiger partial charge in [0.05, 0.1) is 6.04 Å². The summed E-state index contributed by atoms with van der Waals surface area (Å²) in [7, 11) is 0. The van der Waals surface area contributed by atoms with Gasteiger partial charge in [0.1, 0.15) is 0 Å². The van der Waals surface area contributed by atoms with E-state index in [-0.39, 0.29) is 11.9 Å². The highest BCUT2D eigenvalue weighted by Gasteiger charge is 2.17. The highest BCUT2D eigenvalue weighted by molar-refractivity contribution is 5.80. The van der Waals surface area contributed by atoms with Crippen LogP contribution in [-0.2, 0) is 0 Å². The SMILES string of the molecule is CC(N)c1nc(NC(=O)O)nn1-c1ncccn1. The Morgan fingerprint density at radius 3 is 2.72 bits per heavy atom. The number of nitrogens with one attached hydrogen (secondary N) is 1. The van der Waals surface area contributed by atoms with Crippen molar-refractivity contribution < 1.29 is 9.90 Å². The maximum absolute atomic E-state index is 10.5. The molecule has 1 amide bonds. The van der Waals surface area contributed by atoms with Crippen molar-refractivity contribution in [1.29, 1.82) is 0 Å². The van der Waals surface area contributed by atoms with Crippen LogP contribution in [0.1, 0.15) is 18.8 Å². The van der Waals surface area contributed by atoms with Gasteiger partial charge in [0, 0.05) is 12.4 Å². The Morgan fingerprint density at radius 2 is 2.17 bits per heavy atom. The van der Waals surface area contributed by atoms with Gasteiger partial charge in [0.15, 0.2) is 5.82 Å². The zero-order chi connectivity index (χ0) is 13.1. The Kier molecular flexibility index (Phi) is 3.15. The summed E-state index contributed by atoms with van der Waals surface area (Å²) in [6, 6.07) is 1.22. The Hall–Kier alpha value is -2.55. The Bertz CT molecular complexity index is 551. The van der Waals surface area contributed by atoms with E-state index in [0.717, 1.165) is 0 Å². The molecule has 2 heterocycles. The van der Waals surface area contributed by atoms with Gasteiger partial charge in [-0.1, -0.05) is 0 Å². The van der Waals surface area contributed by atoms with E-state index in [1.165, 1.54) is 4.68 Å². The second-order valence-electron chi connectivity index (χ2n) is 3.47. The number of nitrogens with zero attached hydrogens (tertiary/aromatic N) is 5. The number of amides is 1. The van der Waals surface area contributed by atoms with Crippen molar-refractivity contribution in [2.24, 2.45) is 5.73 Å². The number of nitrogens with two attached hydrogens (primary N) is 1. The molecule has 0 saturated heterocycles. The van der Waals surface area contributed by atoms with Gasteiger partial charge in [-0.25, -0.2) is 14.8 Å². The number of hydrogen-bond acceptors (Lipinski definition) is 6. The van der Waals surface area contributed by atoms with Crippen LogP contribution in [0.4, 0.5) is 10.7 Å². The Labute approximate surface area is 102 Å². The minimum absolute atomic E-state index is 0.0674. The first-order valence-electron chi connectivity index (χ1n) is 5.08. The predicted molar refractivity (Wildman–Crippen MR) is 61.2 cm³/mol. The molecule has 0 fully saturated rings. The van der Waals surface area contributed by atoms with Crippen LogP contribution in [-0.4, -0.2) is 35.9 Å². The number of aromatic nitrogens is 5. The minimum atomic E-state index is -1.25. The summed E-state index contributed by atoms with van der Waals surface area (Å²) in [6.45, 7) is 1.70. The Morgan fingerprint density at radius 1 is 1.50 bits per heavy atom. The van der Waals surface area contributed by atoms with Gasteiger partial charge in [0.25, 0.3) is 11.9 Å². The van der Waals surface area contributed by atoms with Crippen LogP contribution in [0.25, 0.3) is 5.95 Å². The average molecular weight is 249 g/mol. The van der Waals surface area contributed by atoms with E-state index in [4.69, 9.17) is 10.8 Å². The standard InChI is InChI=1S/C9H11N7O2/c1-5(10)6-13-7(14-9(17)18)15-16(6)8-11-3-2-4-12-8/h2-5H,10H2,1H3,(H,14,15)(H,17,18). The van der Waals surface area contributed by atoms with Gasteiger partial charge >= 0.3 is 6.09 Å². The lowest BCUT2D eigenvalue weighted by molar-refractivity contribution is 0.209. The first-order valence-corrected chi connectivity index (χ1v) is 5.08. The van der Waals surface area contributed by atoms with E-state index in [9.17, 15) is 4.79 Å². The van der Waals surface area contributed by atoms with Crippen molar-refractivity contribution >= 4 is 12.0 Å². The molecule has 1 atom stereocenters. The monoisotopic (exact) mass is 249 g/mol. The van der Waals surface area contributed by atoms with E-state index >= 15 is 0 Å². The van der Waals surface area contributed by atoms with Crippen molar-refractivity contribution in [3.63, 3.8) is 0 Å². The van der Waals surface area contributed by atoms with Crippen LogP contribution in [0.3, 0.4) is 0 Å². The molecule has 94 valence electrons. The fraction of sp³-hybridized carbons (Fsp3) is 0.222. The molecule has 0 spiro atoms. The number of hydrogen-bond donors (Lipinski definition) is 3. The molecule has 18 heavy (non-hydrogen) atoms. The van der Waals surface area contributed by atoms with E-state index < -0.39 is 12.1 Å². The third kappa shape index (κ3) is 2.40. The molecule has 4 N–H and O–H groups in total. The summed E-state index contributed by atoms with van der Waals surface area (Å²) >= 11 is 0. The summed E-state index contributed by atoms with van der Waals surface area (Å²) in [6.07, 6.45) is 1.83. The van der Waals surface area contributed by atoms with E-state index in [0.29, 0.717) is 5.82 Å². The van der Waals surface area contributed by atoms with Crippen molar-refractivity contribution in [1.82, 2.24) is 24.7 Å². The lowest BCUT2D eigenvalue weighted by Crippen LogP contribution is -2.14. The molecule has 0 aliphatic carbocycles. The van der Waals surface area contributed by atoms with E-state index in [1.54, 1.807) is 25.4 Å². The topological polar surface area (TPSA) is 132 Å². The summed E-state index contributed by atoms with van der Waals surface area (Å²) in [5.41, 5.74) is 5.74. The molecule has 2 aromatic heterocycles. The van der Waals surface area contributed by atoms with Crippen molar-refractivity contribution in [2.45, 2.75) is 13.0 Å². The van der Waals surface area contributed by atoms with E-state index in [1.807, 2.05) is 0 Å². The zero-order valence-electron chi connectivity index (χ0n) is 9.48. The largest absolute Gasteiger partial charge is 0.465 e. The van der Waals surface area contributed by atoms with Crippen LogP contribution in [0.5, 0.6) is 0 Å². The molecule has 0 radical (unpaired) electrons. The normalized spacial score (nSPS) is 12.1. The van der Waals surface area contributed by atoms with Crippen molar-refractivity contribution in [2.75, 3.05) is 5.32 Å². The fourth-order valence-electron chi connectivity index (χ4n) is 1.32. The summed E-state index contributed by atoms with van der Waals surface area (Å²) in [5, 5.41) is 14.6.